The third-order valence-electron chi connectivity index (χ3n) is 3.86. The minimum absolute atomic E-state index is 0.00974. The lowest BCUT2D eigenvalue weighted by molar-refractivity contribution is -0.122. The number of hydrogen-bond acceptors (Lipinski definition) is 5. The number of carbonyl (C=O) groups is 1. The Hall–Kier alpha value is -2.95. The number of nitrogens with one attached hydrogen (secondary N) is 2. The lowest BCUT2D eigenvalue weighted by Crippen LogP contribution is -2.29. The minimum Gasteiger partial charge on any atom is -0.435 e. The number of anilines is 1. The predicted octanol–water partition coefficient (Wildman–Crippen LogP) is 2.65. The molecule has 0 bridgehead atoms. The first-order valence-corrected chi connectivity index (χ1v) is 7.87. The van der Waals surface area contributed by atoms with Crippen LogP contribution in [0.5, 0.6) is 5.75 Å². The highest BCUT2D eigenvalue weighted by Crippen LogP contribution is 2.30. The van der Waals surface area contributed by atoms with Crippen molar-refractivity contribution in [3.63, 3.8) is 0 Å². The molecule has 0 aliphatic heterocycles. The first-order valence-electron chi connectivity index (χ1n) is 7.87. The minimum atomic E-state index is -2.93. The summed E-state index contributed by atoms with van der Waals surface area (Å²) < 4.78 is 29.2. The van der Waals surface area contributed by atoms with Crippen LogP contribution in [0.2, 0.25) is 0 Å². The summed E-state index contributed by atoms with van der Waals surface area (Å²) in [7, 11) is 0. The molecule has 0 radical (unpaired) electrons. The Morgan fingerprint density at radius 2 is 2.20 bits per heavy atom. The van der Waals surface area contributed by atoms with Crippen LogP contribution in [0.3, 0.4) is 0 Å². The first kappa shape index (κ1) is 16.9. The van der Waals surface area contributed by atoms with Gasteiger partial charge in [0, 0.05) is 30.6 Å². The van der Waals surface area contributed by atoms with E-state index in [-0.39, 0.29) is 23.1 Å². The van der Waals surface area contributed by atoms with Gasteiger partial charge in [-0.3, -0.25) is 9.78 Å². The van der Waals surface area contributed by atoms with Crippen LogP contribution in [-0.2, 0) is 4.79 Å². The molecule has 0 unspecified atom stereocenters. The van der Waals surface area contributed by atoms with E-state index in [4.69, 9.17) is 0 Å². The summed E-state index contributed by atoms with van der Waals surface area (Å²) in [6.45, 7) is -2.14. The van der Waals surface area contributed by atoms with Crippen LogP contribution in [-0.4, -0.2) is 30.6 Å². The van der Waals surface area contributed by atoms with Crippen molar-refractivity contribution in [3.8, 4) is 11.8 Å². The van der Waals surface area contributed by atoms with Gasteiger partial charge in [-0.2, -0.15) is 14.0 Å². The van der Waals surface area contributed by atoms with E-state index in [0.29, 0.717) is 29.7 Å². The van der Waals surface area contributed by atoms with E-state index in [1.54, 1.807) is 6.07 Å². The topological polar surface area (TPSA) is 87.0 Å². The molecule has 0 atom stereocenters. The van der Waals surface area contributed by atoms with Crippen molar-refractivity contribution in [2.45, 2.75) is 19.5 Å². The molecule has 3 rings (SSSR count). The van der Waals surface area contributed by atoms with Gasteiger partial charge in [0.25, 0.3) is 0 Å². The summed E-state index contributed by atoms with van der Waals surface area (Å²) >= 11 is 0. The van der Waals surface area contributed by atoms with Crippen LogP contribution in [0.1, 0.15) is 18.4 Å². The van der Waals surface area contributed by atoms with Gasteiger partial charge in [0.1, 0.15) is 11.8 Å². The molecule has 1 heterocycles. The van der Waals surface area contributed by atoms with Crippen molar-refractivity contribution >= 4 is 22.5 Å². The number of hydrogen-bond donors (Lipinski definition) is 2. The summed E-state index contributed by atoms with van der Waals surface area (Å²) in [4.78, 5) is 15.8. The van der Waals surface area contributed by atoms with E-state index in [1.807, 2.05) is 6.07 Å². The van der Waals surface area contributed by atoms with E-state index in [2.05, 4.69) is 20.4 Å². The lowest BCUT2D eigenvalue weighted by Gasteiger charge is -2.13. The van der Waals surface area contributed by atoms with Crippen molar-refractivity contribution in [1.29, 1.82) is 5.26 Å². The maximum atomic E-state index is 12.4. The Morgan fingerprint density at radius 1 is 1.40 bits per heavy atom. The number of alkyl halides is 2. The molecule has 6 nitrogen and oxygen atoms in total. The molecule has 1 amide bonds. The Bertz CT molecular complexity index is 831. The van der Waals surface area contributed by atoms with E-state index < -0.39 is 6.61 Å². The average Bonchev–Trinajstić information content (AvgIpc) is 3.43. The maximum absolute atomic E-state index is 12.4. The van der Waals surface area contributed by atoms with Gasteiger partial charge in [0.15, 0.2) is 0 Å². The van der Waals surface area contributed by atoms with Crippen LogP contribution < -0.4 is 15.4 Å². The molecular weight excluding hydrogens is 330 g/mol. The van der Waals surface area contributed by atoms with Crippen LogP contribution >= 0.6 is 0 Å². The third-order valence-corrected chi connectivity index (χ3v) is 3.86. The van der Waals surface area contributed by atoms with E-state index in [0.717, 1.165) is 12.8 Å². The summed E-state index contributed by atoms with van der Waals surface area (Å²) in [6, 6.07) is 6.39. The number of ether oxygens (including phenoxy) is 1. The smallest absolute Gasteiger partial charge is 0.387 e. The SMILES string of the molecule is N#Cc1cnc2ccc(OC(F)F)cc2c1NCCNC(=O)C1CC1. The highest BCUT2D eigenvalue weighted by atomic mass is 19.3. The standard InChI is InChI=1S/C17H16F2N4O2/c18-17(19)25-12-3-4-14-13(7-12)15(11(8-20)9-23-14)21-5-6-22-16(24)10-1-2-10/h3-4,7,9-10,17H,1-2,5-6H2,(H,21,23)(H,22,24). The van der Waals surface area contributed by atoms with Gasteiger partial charge in [0.05, 0.1) is 16.8 Å². The molecule has 130 valence electrons. The molecule has 8 heteroatoms. The maximum Gasteiger partial charge on any atom is 0.387 e. The number of amides is 1. The zero-order valence-electron chi connectivity index (χ0n) is 13.3. The number of benzene rings is 1. The number of nitrogens with zero attached hydrogens (tertiary/aromatic N) is 2. The number of aromatic nitrogens is 1. The fourth-order valence-electron chi connectivity index (χ4n) is 2.49. The number of fused-ring (bicyclic) bond motifs is 1. The van der Waals surface area contributed by atoms with E-state index in [9.17, 15) is 18.8 Å². The van der Waals surface area contributed by atoms with Gasteiger partial charge >= 0.3 is 6.61 Å². The Morgan fingerprint density at radius 3 is 2.88 bits per heavy atom. The lowest BCUT2D eigenvalue weighted by atomic mass is 10.1. The highest BCUT2D eigenvalue weighted by Gasteiger charge is 2.29. The van der Waals surface area contributed by atoms with Crippen LogP contribution in [0, 0.1) is 17.2 Å². The van der Waals surface area contributed by atoms with E-state index >= 15 is 0 Å². The summed E-state index contributed by atoms with van der Waals surface area (Å²) in [6.07, 6.45) is 3.28. The van der Waals surface area contributed by atoms with Crippen molar-refractivity contribution in [1.82, 2.24) is 10.3 Å². The molecule has 1 fully saturated rings. The summed E-state index contributed by atoms with van der Waals surface area (Å²) in [5.41, 5.74) is 1.31. The zero-order valence-corrected chi connectivity index (χ0v) is 13.3. The number of nitriles is 1. The average molecular weight is 346 g/mol. The van der Waals surface area contributed by atoms with Gasteiger partial charge < -0.3 is 15.4 Å². The Labute approximate surface area is 142 Å². The van der Waals surface area contributed by atoms with Gasteiger partial charge in [-0.25, -0.2) is 0 Å². The summed E-state index contributed by atoms with van der Waals surface area (Å²) in [5, 5.41) is 15.7. The van der Waals surface area contributed by atoms with Gasteiger partial charge in [-0.1, -0.05) is 0 Å². The highest BCUT2D eigenvalue weighted by molar-refractivity contribution is 5.94. The second-order valence-electron chi connectivity index (χ2n) is 5.71. The van der Waals surface area contributed by atoms with Crippen molar-refractivity contribution in [2.24, 2.45) is 5.92 Å². The predicted molar refractivity (Wildman–Crippen MR) is 87.3 cm³/mol. The molecule has 1 saturated carbocycles. The largest absolute Gasteiger partial charge is 0.435 e. The fraction of sp³-hybridized carbons (Fsp3) is 0.353. The van der Waals surface area contributed by atoms with Crippen molar-refractivity contribution < 1.29 is 18.3 Å². The van der Waals surface area contributed by atoms with Crippen LogP contribution in [0.15, 0.2) is 24.4 Å². The second-order valence-corrected chi connectivity index (χ2v) is 5.71. The fourth-order valence-corrected chi connectivity index (χ4v) is 2.49. The molecule has 0 spiro atoms. The first-order chi connectivity index (χ1) is 12.1. The number of halogens is 2. The molecule has 0 saturated heterocycles. The quantitative estimate of drug-likeness (QED) is 0.753. The molecule has 25 heavy (non-hydrogen) atoms. The monoisotopic (exact) mass is 346 g/mol. The van der Waals surface area contributed by atoms with Crippen molar-refractivity contribution in [3.05, 3.63) is 30.0 Å². The Kier molecular flexibility index (Phi) is 4.93. The number of rotatable bonds is 7. The van der Waals surface area contributed by atoms with Crippen molar-refractivity contribution in [2.75, 3.05) is 18.4 Å². The molecule has 1 aromatic heterocycles. The second kappa shape index (κ2) is 7.30. The number of pyridine rings is 1. The molecule has 2 N–H and O–H groups in total. The van der Waals surface area contributed by atoms with Crippen LogP contribution in [0.25, 0.3) is 10.9 Å². The summed E-state index contributed by atoms with van der Waals surface area (Å²) in [5.74, 6) is 0.157. The molecule has 2 aromatic rings. The van der Waals surface area contributed by atoms with Crippen LogP contribution in [0.4, 0.5) is 14.5 Å². The molecule has 1 aromatic carbocycles. The normalized spacial score (nSPS) is 13.5. The molecular formula is C17H16F2N4O2. The molecule has 1 aliphatic rings. The van der Waals surface area contributed by atoms with Gasteiger partial charge in [-0.15, -0.1) is 0 Å². The third kappa shape index (κ3) is 4.12. The van der Waals surface area contributed by atoms with Gasteiger partial charge in [-0.05, 0) is 31.0 Å². The van der Waals surface area contributed by atoms with E-state index in [1.165, 1.54) is 18.3 Å². The Balaban J connectivity index is 1.77. The van der Waals surface area contributed by atoms with Gasteiger partial charge in [0.2, 0.25) is 5.91 Å². The molecule has 1 aliphatic carbocycles. The zero-order chi connectivity index (χ0) is 17.8. The number of carbonyl (C=O) groups excluding carboxylic acids is 1.